The van der Waals surface area contributed by atoms with Crippen LogP contribution in [0.25, 0.3) is 0 Å². The van der Waals surface area contributed by atoms with Crippen molar-refractivity contribution in [1.29, 1.82) is 0 Å². The minimum absolute atomic E-state index is 0.0121. The summed E-state index contributed by atoms with van der Waals surface area (Å²) < 4.78 is 7.59. The highest BCUT2D eigenvalue weighted by atomic mass is 16.5. The Balaban J connectivity index is 1.51. The maximum atomic E-state index is 11.8. The third-order valence-corrected chi connectivity index (χ3v) is 4.06. The normalized spacial score (nSPS) is 22.3. The fourth-order valence-corrected chi connectivity index (χ4v) is 2.93. The summed E-state index contributed by atoms with van der Waals surface area (Å²) >= 11 is 0. The molecule has 110 valence electrons. The molecule has 1 fully saturated rings. The summed E-state index contributed by atoms with van der Waals surface area (Å²) in [4.78, 5) is 11.8. The van der Waals surface area contributed by atoms with Gasteiger partial charge in [-0.25, -0.2) is 0 Å². The lowest BCUT2D eigenvalue weighted by atomic mass is 10.2. The molecule has 0 saturated carbocycles. The van der Waals surface area contributed by atoms with Crippen molar-refractivity contribution in [2.75, 3.05) is 13.2 Å². The topological polar surface area (TPSA) is 69.0 Å². The Morgan fingerprint density at radius 3 is 3.10 bits per heavy atom. The largest absolute Gasteiger partial charge is 0.368 e. The molecule has 20 heavy (non-hydrogen) atoms. The van der Waals surface area contributed by atoms with E-state index in [4.69, 9.17) is 4.74 Å². The van der Waals surface area contributed by atoms with E-state index in [2.05, 4.69) is 20.1 Å². The fraction of sp³-hybridized carbons (Fsp3) is 0.786. The molecule has 1 N–H and O–H groups in total. The average molecular weight is 278 g/mol. The molecule has 1 saturated heterocycles. The molecule has 0 aliphatic carbocycles. The molecule has 0 radical (unpaired) electrons. The van der Waals surface area contributed by atoms with E-state index in [9.17, 15) is 4.79 Å². The van der Waals surface area contributed by atoms with Crippen molar-refractivity contribution in [2.45, 2.75) is 57.6 Å². The molecule has 6 heteroatoms. The molecule has 0 bridgehead atoms. The zero-order valence-electron chi connectivity index (χ0n) is 11.8. The first kappa shape index (κ1) is 13.5. The van der Waals surface area contributed by atoms with Gasteiger partial charge in [0.1, 0.15) is 17.8 Å². The van der Waals surface area contributed by atoms with Crippen LogP contribution >= 0.6 is 0 Å². The van der Waals surface area contributed by atoms with Crippen LogP contribution in [0.3, 0.4) is 0 Å². The number of carbonyl (C=O) groups excluding carboxylic acids is 1. The Hall–Kier alpha value is -1.43. The van der Waals surface area contributed by atoms with Gasteiger partial charge in [0.05, 0.1) is 0 Å². The van der Waals surface area contributed by atoms with Crippen LogP contribution in [0.15, 0.2) is 0 Å². The molecule has 0 unspecified atom stereocenters. The number of ether oxygens (including phenoxy) is 1. The van der Waals surface area contributed by atoms with E-state index in [1.54, 1.807) is 0 Å². The smallest absolute Gasteiger partial charge is 0.249 e. The number of nitrogens with zero attached hydrogens (tertiary/aromatic N) is 3. The van der Waals surface area contributed by atoms with Gasteiger partial charge in [-0.1, -0.05) is 6.42 Å². The average Bonchev–Trinajstić information content (AvgIpc) is 3.05. The van der Waals surface area contributed by atoms with Crippen LogP contribution in [-0.2, 0) is 28.9 Å². The highest BCUT2D eigenvalue weighted by Crippen LogP contribution is 2.15. The molecule has 1 aromatic heterocycles. The van der Waals surface area contributed by atoms with Gasteiger partial charge in [-0.15, -0.1) is 10.2 Å². The second-order valence-corrected chi connectivity index (χ2v) is 5.54. The number of aromatic nitrogens is 3. The molecule has 1 aromatic rings. The maximum absolute atomic E-state index is 11.8. The van der Waals surface area contributed by atoms with Crippen LogP contribution in [0.1, 0.15) is 43.8 Å². The zero-order valence-corrected chi connectivity index (χ0v) is 11.8. The van der Waals surface area contributed by atoms with E-state index in [-0.39, 0.29) is 12.0 Å². The fourth-order valence-electron chi connectivity index (χ4n) is 2.93. The molecular formula is C14H22N4O2. The third-order valence-electron chi connectivity index (χ3n) is 4.06. The Morgan fingerprint density at radius 2 is 2.25 bits per heavy atom. The number of hydrogen-bond acceptors (Lipinski definition) is 4. The van der Waals surface area contributed by atoms with Gasteiger partial charge in [0.25, 0.3) is 0 Å². The molecule has 3 heterocycles. The van der Waals surface area contributed by atoms with Gasteiger partial charge in [-0.05, 0) is 25.7 Å². The lowest BCUT2D eigenvalue weighted by Gasteiger charge is -2.11. The molecular weight excluding hydrogens is 256 g/mol. The lowest BCUT2D eigenvalue weighted by Crippen LogP contribution is -2.35. The first-order valence-electron chi connectivity index (χ1n) is 7.65. The number of fused-ring (bicyclic) bond motifs is 1. The number of nitrogens with one attached hydrogen (secondary N) is 1. The van der Waals surface area contributed by atoms with E-state index >= 15 is 0 Å². The SMILES string of the molecule is O=C(NCCc1nnc2n1CCCCC2)[C@@H]1CCCO1. The van der Waals surface area contributed by atoms with E-state index in [1.165, 1.54) is 19.3 Å². The van der Waals surface area contributed by atoms with Crippen molar-refractivity contribution < 1.29 is 9.53 Å². The predicted molar refractivity (Wildman–Crippen MR) is 73.3 cm³/mol. The van der Waals surface area contributed by atoms with Gasteiger partial charge in [0, 0.05) is 32.5 Å². The van der Waals surface area contributed by atoms with Crippen LogP contribution in [-0.4, -0.2) is 39.9 Å². The van der Waals surface area contributed by atoms with Gasteiger partial charge in [0.15, 0.2) is 0 Å². The molecule has 3 rings (SSSR count). The van der Waals surface area contributed by atoms with E-state index in [0.717, 1.165) is 43.9 Å². The quantitative estimate of drug-likeness (QED) is 0.886. The zero-order chi connectivity index (χ0) is 13.8. The lowest BCUT2D eigenvalue weighted by molar-refractivity contribution is -0.130. The van der Waals surface area contributed by atoms with Crippen LogP contribution in [0.5, 0.6) is 0 Å². The van der Waals surface area contributed by atoms with Crippen LogP contribution < -0.4 is 5.32 Å². The summed E-state index contributed by atoms with van der Waals surface area (Å²) in [6.07, 6.45) is 7.00. The minimum Gasteiger partial charge on any atom is -0.368 e. The maximum Gasteiger partial charge on any atom is 0.249 e. The summed E-state index contributed by atoms with van der Waals surface area (Å²) in [7, 11) is 0. The van der Waals surface area contributed by atoms with Crippen LogP contribution in [0.2, 0.25) is 0 Å². The second-order valence-electron chi connectivity index (χ2n) is 5.54. The predicted octanol–water partition coefficient (Wildman–Crippen LogP) is 0.842. The van der Waals surface area contributed by atoms with Gasteiger partial charge in [0.2, 0.25) is 5.91 Å². The first-order valence-corrected chi connectivity index (χ1v) is 7.65. The summed E-state index contributed by atoms with van der Waals surface area (Å²) in [6.45, 7) is 2.32. The Labute approximate surface area is 118 Å². The molecule has 2 aliphatic rings. The van der Waals surface area contributed by atoms with Crippen molar-refractivity contribution in [2.24, 2.45) is 0 Å². The van der Waals surface area contributed by atoms with Crippen molar-refractivity contribution in [3.05, 3.63) is 11.6 Å². The number of amides is 1. The van der Waals surface area contributed by atoms with Crippen LogP contribution in [0, 0.1) is 0 Å². The summed E-state index contributed by atoms with van der Waals surface area (Å²) in [5.41, 5.74) is 0. The van der Waals surface area contributed by atoms with E-state index < -0.39 is 0 Å². The minimum atomic E-state index is -0.245. The number of aryl methyl sites for hydroxylation is 1. The number of carbonyl (C=O) groups is 1. The van der Waals surface area contributed by atoms with Crippen molar-refractivity contribution in [1.82, 2.24) is 20.1 Å². The highest BCUT2D eigenvalue weighted by molar-refractivity contribution is 5.80. The highest BCUT2D eigenvalue weighted by Gasteiger charge is 2.23. The molecule has 1 atom stereocenters. The van der Waals surface area contributed by atoms with Gasteiger partial charge >= 0.3 is 0 Å². The van der Waals surface area contributed by atoms with Gasteiger partial charge in [-0.2, -0.15) is 0 Å². The molecule has 0 aromatic carbocycles. The third kappa shape index (κ3) is 3.00. The molecule has 0 spiro atoms. The Kier molecular flexibility index (Phi) is 4.30. The van der Waals surface area contributed by atoms with E-state index in [0.29, 0.717) is 13.2 Å². The molecule has 2 aliphatic heterocycles. The van der Waals surface area contributed by atoms with Crippen molar-refractivity contribution in [3.63, 3.8) is 0 Å². The molecule has 1 amide bonds. The van der Waals surface area contributed by atoms with Gasteiger partial charge in [-0.3, -0.25) is 4.79 Å². The summed E-state index contributed by atoms with van der Waals surface area (Å²) in [5.74, 6) is 2.11. The van der Waals surface area contributed by atoms with Crippen molar-refractivity contribution in [3.8, 4) is 0 Å². The van der Waals surface area contributed by atoms with Crippen LogP contribution in [0.4, 0.5) is 0 Å². The monoisotopic (exact) mass is 278 g/mol. The first-order chi connectivity index (χ1) is 9.84. The Morgan fingerprint density at radius 1 is 1.30 bits per heavy atom. The second kappa shape index (κ2) is 6.35. The van der Waals surface area contributed by atoms with E-state index in [1.807, 2.05) is 0 Å². The number of hydrogen-bond donors (Lipinski definition) is 1. The number of rotatable bonds is 4. The van der Waals surface area contributed by atoms with Gasteiger partial charge < -0.3 is 14.6 Å². The Bertz CT molecular complexity index is 466. The standard InChI is InChI=1S/C14H22N4O2/c19-14(11-5-4-10-20-11)15-8-7-13-17-16-12-6-2-1-3-9-18(12)13/h11H,1-10H2,(H,15,19)/t11-/m0/s1. The summed E-state index contributed by atoms with van der Waals surface area (Å²) in [6, 6.07) is 0. The van der Waals surface area contributed by atoms with Crippen molar-refractivity contribution >= 4 is 5.91 Å². The molecule has 6 nitrogen and oxygen atoms in total. The summed E-state index contributed by atoms with van der Waals surface area (Å²) in [5, 5.41) is 11.5.